The van der Waals surface area contributed by atoms with Gasteiger partial charge in [-0.25, -0.2) is 4.68 Å². The highest BCUT2D eigenvalue weighted by Crippen LogP contribution is 2.29. The van der Waals surface area contributed by atoms with Gasteiger partial charge in [-0.3, -0.25) is 4.79 Å². The van der Waals surface area contributed by atoms with Crippen molar-refractivity contribution in [3.8, 4) is 16.9 Å². The van der Waals surface area contributed by atoms with Crippen LogP contribution in [0.1, 0.15) is 16.8 Å². The molecule has 0 aliphatic carbocycles. The predicted octanol–water partition coefficient (Wildman–Crippen LogP) is 3.93. The molecule has 3 aromatic rings. The molecule has 0 aliphatic rings. The molecule has 0 fully saturated rings. The molecule has 0 radical (unpaired) electrons. The summed E-state index contributed by atoms with van der Waals surface area (Å²) in [6, 6.07) is 14.8. The van der Waals surface area contributed by atoms with Gasteiger partial charge in [0, 0.05) is 5.02 Å². The quantitative estimate of drug-likeness (QED) is 0.785. The summed E-state index contributed by atoms with van der Waals surface area (Å²) in [6.45, 7) is 3.83. The van der Waals surface area contributed by atoms with E-state index in [0.717, 1.165) is 11.1 Å². The maximum Gasteiger partial charge on any atom is 0.278 e. The molecule has 0 aliphatic heterocycles. The first-order valence-electron chi connectivity index (χ1n) is 7.59. The number of aromatic hydroxyl groups is 1. The fourth-order valence-corrected chi connectivity index (χ4v) is 2.87. The summed E-state index contributed by atoms with van der Waals surface area (Å²) >= 11 is 6.19. The normalized spacial score (nSPS) is 10.8. The van der Waals surface area contributed by atoms with Crippen LogP contribution >= 0.6 is 11.6 Å². The number of halogens is 1. The van der Waals surface area contributed by atoms with Crippen molar-refractivity contribution in [2.45, 2.75) is 20.4 Å². The summed E-state index contributed by atoms with van der Waals surface area (Å²) in [6.07, 6.45) is 0. The average Bonchev–Trinajstić information content (AvgIpc) is 2.56. The molecule has 2 aromatic carbocycles. The van der Waals surface area contributed by atoms with Crippen LogP contribution in [-0.4, -0.2) is 14.9 Å². The van der Waals surface area contributed by atoms with Gasteiger partial charge in [-0.15, -0.1) is 0 Å². The van der Waals surface area contributed by atoms with Crippen LogP contribution in [-0.2, 0) is 6.54 Å². The van der Waals surface area contributed by atoms with Crippen LogP contribution in [0, 0.1) is 13.8 Å². The lowest BCUT2D eigenvalue weighted by molar-refractivity contribution is 0.458. The van der Waals surface area contributed by atoms with Crippen LogP contribution in [0.5, 0.6) is 5.75 Å². The SMILES string of the molecule is Cc1ccccc1-c1c(O)c(C)nn(Cc2ccccc2Cl)c1=O. The van der Waals surface area contributed by atoms with Crippen LogP contribution < -0.4 is 5.56 Å². The first kappa shape index (κ1) is 16.3. The lowest BCUT2D eigenvalue weighted by atomic mass is 10.0. The Morgan fingerprint density at radius 1 is 1.08 bits per heavy atom. The number of nitrogens with zero attached hydrogens (tertiary/aromatic N) is 2. The van der Waals surface area contributed by atoms with E-state index in [9.17, 15) is 9.90 Å². The van der Waals surface area contributed by atoms with Gasteiger partial charge in [0.15, 0.2) is 5.75 Å². The second-order valence-electron chi connectivity index (χ2n) is 5.68. The second kappa shape index (κ2) is 6.49. The van der Waals surface area contributed by atoms with Crippen molar-refractivity contribution in [2.75, 3.05) is 0 Å². The summed E-state index contributed by atoms with van der Waals surface area (Å²) in [4.78, 5) is 12.9. The number of hydrogen-bond acceptors (Lipinski definition) is 3. The zero-order valence-corrected chi connectivity index (χ0v) is 14.2. The van der Waals surface area contributed by atoms with Gasteiger partial charge in [0.05, 0.1) is 12.1 Å². The van der Waals surface area contributed by atoms with Gasteiger partial charge in [-0.05, 0) is 36.6 Å². The van der Waals surface area contributed by atoms with E-state index in [1.165, 1.54) is 4.68 Å². The molecule has 3 rings (SSSR count). The molecule has 5 heteroatoms. The third-order valence-electron chi connectivity index (χ3n) is 3.99. The summed E-state index contributed by atoms with van der Waals surface area (Å²) < 4.78 is 1.35. The average molecular weight is 341 g/mol. The van der Waals surface area contributed by atoms with Crippen LogP contribution in [0.2, 0.25) is 5.02 Å². The van der Waals surface area contributed by atoms with E-state index < -0.39 is 0 Å². The lowest BCUT2D eigenvalue weighted by Gasteiger charge is -2.13. The molecule has 1 aromatic heterocycles. The molecule has 0 unspecified atom stereocenters. The number of aryl methyl sites for hydroxylation is 2. The maximum absolute atomic E-state index is 12.9. The van der Waals surface area contributed by atoms with Crippen molar-refractivity contribution in [3.05, 3.63) is 80.7 Å². The highest BCUT2D eigenvalue weighted by atomic mass is 35.5. The minimum Gasteiger partial charge on any atom is -0.505 e. The van der Waals surface area contributed by atoms with E-state index >= 15 is 0 Å². The molecule has 0 saturated heterocycles. The van der Waals surface area contributed by atoms with E-state index in [0.29, 0.717) is 16.3 Å². The topological polar surface area (TPSA) is 55.1 Å². The molecule has 0 atom stereocenters. The van der Waals surface area contributed by atoms with Gasteiger partial charge < -0.3 is 5.11 Å². The largest absolute Gasteiger partial charge is 0.505 e. The number of benzene rings is 2. The second-order valence-corrected chi connectivity index (χ2v) is 6.09. The Bertz CT molecular complexity index is 964. The Kier molecular flexibility index (Phi) is 4.40. The monoisotopic (exact) mass is 340 g/mol. The van der Waals surface area contributed by atoms with Crippen LogP contribution in [0.15, 0.2) is 53.3 Å². The zero-order chi connectivity index (χ0) is 17.3. The minimum atomic E-state index is -0.340. The van der Waals surface area contributed by atoms with E-state index in [1.54, 1.807) is 13.0 Å². The van der Waals surface area contributed by atoms with Crippen molar-refractivity contribution in [1.29, 1.82) is 0 Å². The minimum absolute atomic E-state index is 0.0790. The van der Waals surface area contributed by atoms with E-state index in [1.807, 2.05) is 49.4 Å². The Morgan fingerprint density at radius 2 is 1.75 bits per heavy atom. The first-order chi connectivity index (χ1) is 11.5. The standard InChI is InChI=1S/C19H17ClN2O2/c1-12-7-3-5-9-15(12)17-18(23)13(2)21-22(19(17)24)11-14-8-4-6-10-16(14)20/h3-10,23H,11H2,1-2H3. The third kappa shape index (κ3) is 2.93. The van der Waals surface area contributed by atoms with Gasteiger partial charge in [0.1, 0.15) is 5.69 Å². The van der Waals surface area contributed by atoms with Crippen LogP contribution in [0.3, 0.4) is 0 Å². The molecule has 0 saturated carbocycles. The maximum atomic E-state index is 12.9. The van der Waals surface area contributed by atoms with Crippen molar-refractivity contribution in [3.63, 3.8) is 0 Å². The predicted molar refractivity (Wildman–Crippen MR) is 95.6 cm³/mol. The fraction of sp³-hybridized carbons (Fsp3) is 0.158. The molecule has 24 heavy (non-hydrogen) atoms. The Hall–Kier alpha value is -2.59. The van der Waals surface area contributed by atoms with Crippen molar-refractivity contribution >= 4 is 11.6 Å². The highest BCUT2D eigenvalue weighted by molar-refractivity contribution is 6.31. The Balaban J connectivity index is 2.19. The molecule has 1 heterocycles. The van der Waals surface area contributed by atoms with E-state index in [4.69, 9.17) is 11.6 Å². The van der Waals surface area contributed by atoms with Gasteiger partial charge in [-0.2, -0.15) is 5.10 Å². The number of hydrogen-bond donors (Lipinski definition) is 1. The zero-order valence-electron chi connectivity index (χ0n) is 13.5. The van der Waals surface area contributed by atoms with Crippen molar-refractivity contribution in [2.24, 2.45) is 0 Å². The summed E-state index contributed by atoms with van der Waals surface area (Å²) in [5, 5.41) is 15.2. The van der Waals surface area contributed by atoms with Gasteiger partial charge in [0.25, 0.3) is 5.56 Å². The lowest BCUT2D eigenvalue weighted by Crippen LogP contribution is -2.26. The molecule has 0 amide bonds. The van der Waals surface area contributed by atoms with Gasteiger partial charge in [-0.1, -0.05) is 54.1 Å². The molecule has 0 spiro atoms. The molecule has 4 nitrogen and oxygen atoms in total. The van der Waals surface area contributed by atoms with Gasteiger partial charge in [0.2, 0.25) is 0 Å². The van der Waals surface area contributed by atoms with Crippen LogP contribution in [0.4, 0.5) is 0 Å². The highest BCUT2D eigenvalue weighted by Gasteiger charge is 2.18. The molecule has 122 valence electrons. The number of aromatic nitrogens is 2. The van der Waals surface area contributed by atoms with E-state index in [2.05, 4.69) is 5.10 Å². The van der Waals surface area contributed by atoms with E-state index in [-0.39, 0.29) is 23.4 Å². The first-order valence-corrected chi connectivity index (χ1v) is 7.97. The Labute approximate surface area is 145 Å². The molecule has 0 bridgehead atoms. The summed E-state index contributed by atoms with van der Waals surface area (Å²) in [5.41, 5.74) is 2.76. The van der Waals surface area contributed by atoms with Crippen molar-refractivity contribution < 1.29 is 5.11 Å². The van der Waals surface area contributed by atoms with Crippen molar-refractivity contribution in [1.82, 2.24) is 9.78 Å². The smallest absolute Gasteiger partial charge is 0.278 e. The summed E-state index contributed by atoms with van der Waals surface area (Å²) in [7, 11) is 0. The summed E-state index contributed by atoms with van der Waals surface area (Å²) in [5.74, 6) is -0.0790. The molecular weight excluding hydrogens is 324 g/mol. The Morgan fingerprint density at radius 3 is 2.46 bits per heavy atom. The fourth-order valence-electron chi connectivity index (χ4n) is 2.68. The third-order valence-corrected chi connectivity index (χ3v) is 4.36. The van der Waals surface area contributed by atoms with Crippen LogP contribution in [0.25, 0.3) is 11.1 Å². The molecule has 1 N–H and O–H groups in total. The number of rotatable bonds is 3. The van der Waals surface area contributed by atoms with Gasteiger partial charge >= 0.3 is 0 Å². The molecular formula is C19H17ClN2O2.